The summed E-state index contributed by atoms with van der Waals surface area (Å²) in [5.41, 5.74) is 2.07. The van der Waals surface area contributed by atoms with Crippen LogP contribution in [0.25, 0.3) is 0 Å². The van der Waals surface area contributed by atoms with Crippen molar-refractivity contribution in [3.8, 4) is 5.75 Å². The number of methoxy groups -OCH3 is 2. The fraction of sp³-hybridized carbons (Fsp3) is 0.579. The van der Waals surface area contributed by atoms with Crippen LogP contribution in [0.15, 0.2) is 18.2 Å². The topological polar surface area (TPSA) is 91.3 Å². The summed E-state index contributed by atoms with van der Waals surface area (Å²) in [6.07, 6.45) is -0.904. The first kappa shape index (κ1) is 19.6. The molecule has 1 aromatic rings. The first-order valence-corrected chi connectivity index (χ1v) is 9.10. The molecule has 0 aromatic heterocycles. The van der Waals surface area contributed by atoms with Gasteiger partial charge in [-0.2, -0.15) is 0 Å². The molecule has 148 valence electrons. The minimum atomic E-state index is -0.904. The molecule has 2 amide bonds. The second-order valence-electron chi connectivity index (χ2n) is 7.09. The van der Waals surface area contributed by atoms with Crippen molar-refractivity contribution >= 4 is 11.8 Å². The van der Waals surface area contributed by atoms with Gasteiger partial charge in [-0.05, 0) is 24.6 Å². The zero-order valence-corrected chi connectivity index (χ0v) is 16.0. The minimum absolute atomic E-state index is 0.207. The van der Waals surface area contributed by atoms with Gasteiger partial charge in [0.15, 0.2) is 0 Å². The van der Waals surface area contributed by atoms with E-state index in [0.29, 0.717) is 32.8 Å². The molecule has 8 nitrogen and oxygen atoms in total. The second-order valence-corrected chi connectivity index (χ2v) is 7.09. The van der Waals surface area contributed by atoms with Gasteiger partial charge in [0.25, 0.3) is 0 Å². The number of rotatable bonds is 6. The molecule has 0 unspecified atom stereocenters. The van der Waals surface area contributed by atoms with Crippen LogP contribution in [0.5, 0.6) is 5.75 Å². The maximum atomic E-state index is 12.5. The number of aliphatic hydroxyl groups excluding tert-OH is 1. The number of carbonyl (C=O) groups is 2. The summed E-state index contributed by atoms with van der Waals surface area (Å²) in [6, 6.07) is 4.60. The highest BCUT2D eigenvalue weighted by Crippen LogP contribution is 2.23. The third-order valence-electron chi connectivity index (χ3n) is 5.15. The van der Waals surface area contributed by atoms with E-state index in [1.807, 2.05) is 18.2 Å². The van der Waals surface area contributed by atoms with E-state index in [1.54, 1.807) is 19.1 Å². The highest BCUT2D eigenvalue weighted by atomic mass is 16.5. The van der Waals surface area contributed by atoms with Crippen molar-refractivity contribution in [3.63, 3.8) is 0 Å². The highest BCUT2D eigenvalue weighted by molar-refractivity contribution is 5.97. The number of fused-ring (bicyclic) bond motifs is 1. The molecule has 0 aliphatic carbocycles. The van der Waals surface area contributed by atoms with Gasteiger partial charge in [-0.1, -0.05) is 6.07 Å². The van der Waals surface area contributed by atoms with Gasteiger partial charge in [0, 0.05) is 38.9 Å². The van der Waals surface area contributed by atoms with Crippen LogP contribution in [-0.2, 0) is 27.5 Å². The number of nitrogens with one attached hydrogen (secondary N) is 1. The maximum absolute atomic E-state index is 12.5. The third kappa shape index (κ3) is 4.07. The average Bonchev–Trinajstić information content (AvgIpc) is 2.65. The monoisotopic (exact) mass is 377 g/mol. The smallest absolute Gasteiger partial charge is 0.248 e. The van der Waals surface area contributed by atoms with E-state index in [4.69, 9.17) is 9.47 Å². The molecule has 2 aliphatic heterocycles. The fourth-order valence-electron chi connectivity index (χ4n) is 3.74. The van der Waals surface area contributed by atoms with Crippen molar-refractivity contribution in [1.29, 1.82) is 0 Å². The van der Waals surface area contributed by atoms with Crippen LogP contribution in [0.3, 0.4) is 0 Å². The Morgan fingerprint density at radius 3 is 2.74 bits per heavy atom. The third-order valence-corrected chi connectivity index (χ3v) is 5.15. The predicted molar refractivity (Wildman–Crippen MR) is 98.1 cm³/mol. The first-order chi connectivity index (χ1) is 12.9. The number of hydrogen-bond acceptors (Lipinski definition) is 6. The first-order valence-electron chi connectivity index (χ1n) is 9.10. The van der Waals surface area contributed by atoms with Gasteiger partial charge >= 0.3 is 0 Å². The van der Waals surface area contributed by atoms with Crippen LogP contribution >= 0.6 is 0 Å². The van der Waals surface area contributed by atoms with Crippen molar-refractivity contribution < 1.29 is 24.2 Å². The summed E-state index contributed by atoms with van der Waals surface area (Å²) in [7, 11) is 3.27. The number of aliphatic hydroxyl groups is 1. The van der Waals surface area contributed by atoms with Crippen molar-refractivity contribution in [2.24, 2.45) is 0 Å². The Hall–Kier alpha value is -2.16. The Morgan fingerprint density at radius 1 is 1.30 bits per heavy atom. The number of ether oxygens (including phenoxy) is 2. The Labute approximate surface area is 159 Å². The van der Waals surface area contributed by atoms with Crippen molar-refractivity contribution in [1.82, 2.24) is 15.1 Å². The molecule has 2 saturated heterocycles. The van der Waals surface area contributed by atoms with Crippen molar-refractivity contribution in [2.75, 3.05) is 33.9 Å². The largest absolute Gasteiger partial charge is 0.496 e. The zero-order valence-electron chi connectivity index (χ0n) is 16.0. The lowest BCUT2D eigenvalue weighted by molar-refractivity contribution is -0.156. The van der Waals surface area contributed by atoms with E-state index < -0.39 is 18.2 Å². The number of amides is 2. The lowest BCUT2D eigenvalue weighted by Gasteiger charge is -2.45. The van der Waals surface area contributed by atoms with Gasteiger partial charge in [-0.25, -0.2) is 0 Å². The summed E-state index contributed by atoms with van der Waals surface area (Å²) in [5, 5.41) is 12.4. The minimum Gasteiger partial charge on any atom is -0.496 e. The van der Waals surface area contributed by atoms with Crippen LogP contribution in [0.2, 0.25) is 0 Å². The highest BCUT2D eigenvalue weighted by Gasteiger charge is 2.44. The molecule has 27 heavy (non-hydrogen) atoms. The lowest BCUT2D eigenvalue weighted by Crippen LogP contribution is -2.70. The van der Waals surface area contributed by atoms with Gasteiger partial charge in [0.2, 0.25) is 11.8 Å². The molecule has 3 rings (SSSR count). The quantitative estimate of drug-likeness (QED) is 0.710. The fourth-order valence-corrected chi connectivity index (χ4v) is 3.74. The van der Waals surface area contributed by atoms with Crippen LogP contribution in [0, 0.1) is 0 Å². The van der Waals surface area contributed by atoms with E-state index in [1.165, 1.54) is 6.92 Å². The van der Waals surface area contributed by atoms with Gasteiger partial charge in [0.1, 0.15) is 17.8 Å². The zero-order chi connectivity index (χ0) is 19.6. The van der Waals surface area contributed by atoms with Gasteiger partial charge in [-0.15, -0.1) is 0 Å². The number of piperazine rings is 2. The molecule has 2 heterocycles. The van der Waals surface area contributed by atoms with E-state index in [0.717, 1.165) is 16.9 Å². The van der Waals surface area contributed by atoms with Gasteiger partial charge in [0.05, 0.1) is 19.8 Å². The maximum Gasteiger partial charge on any atom is 0.248 e. The van der Waals surface area contributed by atoms with Crippen molar-refractivity contribution in [3.05, 3.63) is 29.3 Å². The number of carbonyl (C=O) groups excluding carboxylic acids is 2. The van der Waals surface area contributed by atoms with E-state index in [2.05, 4.69) is 10.2 Å². The molecule has 0 radical (unpaired) electrons. The van der Waals surface area contributed by atoms with E-state index >= 15 is 0 Å². The molecule has 2 fully saturated rings. The number of benzene rings is 1. The number of nitrogens with zero attached hydrogens (tertiary/aromatic N) is 2. The summed E-state index contributed by atoms with van der Waals surface area (Å²) >= 11 is 0. The lowest BCUT2D eigenvalue weighted by atomic mass is 10.0. The second kappa shape index (κ2) is 8.24. The normalized spacial score (nSPS) is 24.4. The molecule has 2 aliphatic rings. The Kier molecular flexibility index (Phi) is 5.98. The number of hydrogen-bond donors (Lipinski definition) is 2. The summed E-state index contributed by atoms with van der Waals surface area (Å²) in [4.78, 5) is 28.7. The summed E-state index contributed by atoms with van der Waals surface area (Å²) < 4.78 is 10.6. The molecule has 0 bridgehead atoms. The Bertz CT molecular complexity index is 709. The molecule has 0 spiro atoms. The molecule has 1 aromatic carbocycles. The van der Waals surface area contributed by atoms with Crippen LogP contribution < -0.4 is 10.1 Å². The summed E-state index contributed by atoms with van der Waals surface area (Å²) in [5.74, 6) is 0.368. The van der Waals surface area contributed by atoms with E-state index in [-0.39, 0.29) is 11.8 Å². The van der Waals surface area contributed by atoms with Crippen LogP contribution in [-0.4, -0.2) is 78.8 Å². The van der Waals surface area contributed by atoms with Crippen LogP contribution in [0.4, 0.5) is 0 Å². The van der Waals surface area contributed by atoms with Gasteiger partial charge < -0.3 is 24.8 Å². The molecule has 0 saturated carbocycles. The van der Waals surface area contributed by atoms with E-state index in [9.17, 15) is 14.7 Å². The molecule has 2 N–H and O–H groups in total. The molecular formula is C19H27N3O5. The standard InChI is InChI=1S/C19H27N3O5/c1-12(23)17-19(25)22-7-6-21(10-15(22)18(24)20-17)9-13-4-5-16(27-3)14(8-13)11-26-2/h4-5,8,12,15,17,23H,6-7,9-11H2,1-3H3,(H,20,24)/t12-,15-,17+/m1/s1. The Morgan fingerprint density at radius 2 is 2.07 bits per heavy atom. The van der Waals surface area contributed by atoms with Crippen molar-refractivity contribution in [2.45, 2.75) is 38.3 Å². The SMILES string of the molecule is COCc1cc(CN2CCN3C(=O)[C@H]([C@@H](C)O)NC(=O)[C@H]3C2)ccc1OC. The molecule has 3 atom stereocenters. The predicted octanol–water partition coefficient (Wildman–Crippen LogP) is -0.266. The Balaban J connectivity index is 1.69. The molecular weight excluding hydrogens is 350 g/mol. The summed E-state index contributed by atoms with van der Waals surface area (Å²) in [6.45, 7) is 4.27. The van der Waals surface area contributed by atoms with Crippen LogP contribution in [0.1, 0.15) is 18.1 Å². The molecule has 8 heteroatoms. The van der Waals surface area contributed by atoms with Gasteiger partial charge in [-0.3, -0.25) is 14.5 Å². The average molecular weight is 377 g/mol.